The topological polar surface area (TPSA) is 37.8 Å². The minimum Gasteiger partial charge on any atom is -0.314 e. The van der Waals surface area contributed by atoms with Gasteiger partial charge in [-0.15, -0.1) is 0 Å². The van der Waals surface area contributed by atoms with Crippen molar-refractivity contribution in [3.63, 3.8) is 0 Å². The Morgan fingerprint density at radius 2 is 2.06 bits per heavy atom. The maximum absolute atomic E-state index is 4.40. The Labute approximate surface area is 102 Å². The molecule has 0 saturated heterocycles. The van der Waals surface area contributed by atoms with Crippen molar-refractivity contribution >= 4 is 10.9 Å². The minimum atomic E-state index is 0.452. The molecule has 1 heterocycles. The molecule has 0 saturated carbocycles. The summed E-state index contributed by atoms with van der Waals surface area (Å²) in [7, 11) is 0. The first-order chi connectivity index (χ1) is 8.31. The molecule has 0 fully saturated rings. The third-order valence-electron chi connectivity index (χ3n) is 2.87. The van der Waals surface area contributed by atoms with Crippen molar-refractivity contribution in [2.24, 2.45) is 0 Å². The van der Waals surface area contributed by atoms with Gasteiger partial charge in [0.2, 0.25) is 0 Å². The van der Waals surface area contributed by atoms with Crippen molar-refractivity contribution in [1.82, 2.24) is 15.3 Å². The SMILES string of the molecule is CCCNC(C)Cc1ncnc2ccccc12. The molecule has 0 spiro atoms. The van der Waals surface area contributed by atoms with E-state index >= 15 is 0 Å². The second-order valence-corrected chi connectivity index (χ2v) is 4.40. The maximum Gasteiger partial charge on any atom is 0.116 e. The van der Waals surface area contributed by atoms with Gasteiger partial charge in [-0.25, -0.2) is 9.97 Å². The molecule has 90 valence electrons. The van der Waals surface area contributed by atoms with Crippen LogP contribution < -0.4 is 5.32 Å². The monoisotopic (exact) mass is 229 g/mol. The molecular formula is C14H19N3. The zero-order chi connectivity index (χ0) is 12.1. The van der Waals surface area contributed by atoms with E-state index in [4.69, 9.17) is 0 Å². The Hall–Kier alpha value is -1.48. The van der Waals surface area contributed by atoms with Crippen LogP contribution in [0.4, 0.5) is 0 Å². The summed E-state index contributed by atoms with van der Waals surface area (Å²) >= 11 is 0. The second kappa shape index (κ2) is 5.73. The number of para-hydroxylation sites is 1. The van der Waals surface area contributed by atoms with E-state index in [9.17, 15) is 0 Å². The van der Waals surface area contributed by atoms with Gasteiger partial charge in [-0.1, -0.05) is 25.1 Å². The van der Waals surface area contributed by atoms with E-state index in [2.05, 4.69) is 35.2 Å². The molecule has 1 atom stereocenters. The van der Waals surface area contributed by atoms with Gasteiger partial charge in [0.25, 0.3) is 0 Å². The number of fused-ring (bicyclic) bond motifs is 1. The van der Waals surface area contributed by atoms with Gasteiger partial charge in [-0.05, 0) is 26.0 Å². The molecule has 0 radical (unpaired) electrons. The average molecular weight is 229 g/mol. The fourth-order valence-corrected chi connectivity index (χ4v) is 1.98. The van der Waals surface area contributed by atoms with E-state index in [1.165, 1.54) is 5.39 Å². The number of nitrogens with zero attached hydrogens (tertiary/aromatic N) is 2. The molecule has 2 rings (SSSR count). The molecule has 3 nitrogen and oxygen atoms in total. The number of benzene rings is 1. The van der Waals surface area contributed by atoms with Crippen LogP contribution in [0.2, 0.25) is 0 Å². The van der Waals surface area contributed by atoms with E-state index < -0.39 is 0 Å². The van der Waals surface area contributed by atoms with Crippen LogP contribution in [0.25, 0.3) is 10.9 Å². The molecular weight excluding hydrogens is 210 g/mol. The predicted octanol–water partition coefficient (Wildman–Crippen LogP) is 2.56. The van der Waals surface area contributed by atoms with Crippen molar-refractivity contribution in [2.75, 3.05) is 6.54 Å². The van der Waals surface area contributed by atoms with Gasteiger partial charge in [-0.3, -0.25) is 0 Å². The number of hydrogen-bond donors (Lipinski definition) is 1. The lowest BCUT2D eigenvalue weighted by atomic mass is 10.1. The molecule has 17 heavy (non-hydrogen) atoms. The predicted molar refractivity (Wildman–Crippen MR) is 71.0 cm³/mol. The normalized spacial score (nSPS) is 12.8. The number of rotatable bonds is 5. The van der Waals surface area contributed by atoms with Crippen LogP contribution >= 0.6 is 0 Å². The summed E-state index contributed by atoms with van der Waals surface area (Å²) in [6.45, 7) is 5.44. The van der Waals surface area contributed by atoms with E-state index in [0.29, 0.717) is 6.04 Å². The third-order valence-corrected chi connectivity index (χ3v) is 2.87. The lowest BCUT2D eigenvalue weighted by Gasteiger charge is -2.13. The van der Waals surface area contributed by atoms with Crippen LogP contribution in [0, 0.1) is 0 Å². The lowest BCUT2D eigenvalue weighted by molar-refractivity contribution is 0.540. The van der Waals surface area contributed by atoms with Gasteiger partial charge in [0.15, 0.2) is 0 Å². The smallest absolute Gasteiger partial charge is 0.116 e. The highest BCUT2D eigenvalue weighted by Crippen LogP contribution is 2.15. The van der Waals surface area contributed by atoms with Crippen LogP contribution in [0.15, 0.2) is 30.6 Å². The van der Waals surface area contributed by atoms with E-state index in [1.807, 2.05) is 18.2 Å². The summed E-state index contributed by atoms with van der Waals surface area (Å²) in [4.78, 5) is 8.68. The molecule has 1 aromatic heterocycles. The summed E-state index contributed by atoms with van der Waals surface area (Å²) in [5.41, 5.74) is 2.16. The van der Waals surface area contributed by atoms with Crippen LogP contribution in [-0.2, 0) is 6.42 Å². The first kappa shape index (κ1) is 12.0. The zero-order valence-electron chi connectivity index (χ0n) is 10.5. The van der Waals surface area contributed by atoms with Crippen LogP contribution in [-0.4, -0.2) is 22.6 Å². The van der Waals surface area contributed by atoms with Crippen molar-refractivity contribution in [3.8, 4) is 0 Å². The van der Waals surface area contributed by atoms with Gasteiger partial charge in [0.05, 0.1) is 11.2 Å². The fourth-order valence-electron chi connectivity index (χ4n) is 1.98. The molecule has 2 aromatic rings. The van der Waals surface area contributed by atoms with Crippen molar-refractivity contribution in [2.45, 2.75) is 32.7 Å². The quantitative estimate of drug-likeness (QED) is 0.856. The molecule has 0 aliphatic carbocycles. The first-order valence-corrected chi connectivity index (χ1v) is 6.23. The van der Waals surface area contributed by atoms with E-state index in [1.54, 1.807) is 6.33 Å². The van der Waals surface area contributed by atoms with Gasteiger partial charge >= 0.3 is 0 Å². The van der Waals surface area contributed by atoms with Crippen LogP contribution in [0.5, 0.6) is 0 Å². The fraction of sp³-hybridized carbons (Fsp3) is 0.429. The Morgan fingerprint density at radius 1 is 1.24 bits per heavy atom. The zero-order valence-corrected chi connectivity index (χ0v) is 10.5. The number of aromatic nitrogens is 2. The Balaban J connectivity index is 2.18. The minimum absolute atomic E-state index is 0.452. The average Bonchev–Trinajstić information content (AvgIpc) is 2.37. The van der Waals surface area contributed by atoms with Gasteiger partial charge < -0.3 is 5.32 Å². The van der Waals surface area contributed by atoms with Crippen LogP contribution in [0.3, 0.4) is 0 Å². The Morgan fingerprint density at radius 3 is 2.88 bits per heavy atom. The number of hydrogen-bond acceptors (Lipinski definition) is 3. The molecule has 0 aliphatic rings. The summed E-state index contributed by atoms with van der Waals surface area (Å²) in [6.07, 6.45) is 3.77. The Kier molecular flexibility index (Phi) is 4.04. The molecule has 0 aliphatic heterocycles. The van der Waals surface area contributed by atoms with E-state index in [0.717, 1.165) is 30.6 Å². The lowest BCUT2D eigenvalue weighted by Crippen LogP contribution is -2.29. The van der Waals surface area contributed by atoms with Crippen molar-refractivity contribution < 1.29 is 0 Å². The standard InChI is InChI=1S/C14H19N3/c1-3-8-15-11(2)9-14-12-6-4-5-7-13(12)16-10-17-14/h4-7,10-11,15H,3,8-9H2,1-2H3. The molecule has 3 heteroatoms. The number of nitrogens with one attached hydrogen (secondary N) is 1. The first-order valence-electron chi connectivity index (χ1n) is 6.23. The van der Waals surface area contributed by atoms with Crippen LogP contribution in [0.1, 0.15) is 26.0 Å². The molecule has 1 unspecified atom stereocenters. The van der Waals surface area contributed by atoms with Crippen molar-refractivity contribution in [3.05, 3.63) is 36.3 Å². The summed E-state index contributed by atoms with van der Waals surface area (Å²) in [5, 5.41) is 4.65. The maximum atomic E-state index is 4.40. The molecule has 0 amide bonds. The highest BCUT2D eigenvalue weighted by Gasteiger charge is 2.07. The molecule has 1 N–H and O–H groups in total. The van der Waals surface area contributed by atoms with Crippen molar-refractivity contribution in [1.29, 1.82) is 0 Å². The second-order valence-electron chi connectivity index (χ2n) is 4.40. The highest BCUT2D eigenvalue weighted by atomic mass is 14.9. The van der Waals surface area contributed by atoms with Gasteiger partial charge in [0.1, 0.15) is 6.33 Å². The summed E-state index contributed by atoms with van der Waals surface area (Å²) < 4.78 is 0. The van der Waals surface area contributed by atoms with Gasteiger partial charge in [-0.2, -0.15) is 0 Å². The molecule has 0 bridgehead atoms. The molecule has 1 aromatic carbocycles. The van der Waals surface area contributed by atoms with Gasteiger partial charge in [0, 0.05) is 17.8 Å². The third kappa shape index (κ3) is 3.01. The highest BCUT2D eigenvalue weighted by molar-refractivity contribution is 5.80. The van der Waals surface area contributed by atoms with E-state index in [-0.39, 0.29) is 0 Å². The Bertz CT molecular complexity index is 476. The summed E-state index contributed by atoms with van der Waals surface area (Å²) in [5.74, 6) is 0. The largest absolute Gasteiger partial charge is 0.314 e. The summed E-state index contributed by atoms with van der Waals surface area (Å²) in [6, 6.07) is 8.63.